The number of ether oxygens (including phenoxy) is 3. The number of carbonyl (C=O) groups is 1. The maximum absolute atomic E-state index is 12.0. The van der Waals surface area contributed by atoms with Crippen molar-refractivity contribution in [1.29, 1.82) is 0 Å². The summed E-state index contributed by atoms with van der Waals surface area (Å²) in [6.45, 7) is 0. The van der Waals surface area contributed by atoms with Gasteiger partial charge >= 0.3 is 0 Å². The summed E-state index contributed by atoms with van der Waals surface area (Å²) in [5.74, 6) is 1.26. The molecule has 0 aliphatic carbocycles. The Morgan fingerprint density at radius 2 is 1.58 bits per heavy atom. The minimum absolute atomic E-state index is 0.132. The van der Waals surface area contributed by atoms with Gasteiger partial charge in [-0.2, -0.15) is 0 Å². The Balaban J connectivity index is 3.19. The van der Waals surface area contributed by atoms with E-state index in [1.165, 1.54) is 27.4 Å². The highest BCUT2D eigenvalue weighted by molar-refractivity contribution is 6.05. The molecule has 0 fully saturated rings. The summed E-state index contributed by atoms with van der Waals surface area (Å²) in [7, 11) is 8.24. The van der Waals surface area contributed by atoms with Crippen LogP contribution in [-0.2, 0) is 0 Å². The van der Waals surface area contributed by atoms with Gasteiger partial charge in [-0.15, -0.1) is 0 Å². The Kier molecular flexibility index (Phi) is 5.23. The van der Waals surface area contributed by atoms with Crippen LogP contribution in [0, 0.1) is 0 Å². The molecule has 0 saturated heterocycles. The molecule has 0 aliphatic rings. The zero-order valence-corrected chi connectivity index (χ0v) is 11.9. The highest BCUT2D eigenvalue weighted by Crippen LogP contribution is 2.38. The first-order chi connectivity index (χ1) is 9.03. The predicted octanol–water partition coefficient (Wildman–Crippen LogP) is 1.97. The summed E-state index contributed by atoms with van der Waals surface area (Å²) in [5, 5.41) is 0. The van der Waals surface area contributed by atoms with E-state index < -0.39 is 0 Å². The molecule has 0 unspecified atom stereocenters. The van der Waals surface area contributed by atoms with Gasteiger partial charge in [0.05, 0.1) is 21.3 Å². The molecular weight excluding hydrogens is 246 g/mol. The lowest BCUT2D eigenvalue weighted by molar-refractivity contribution is 0.104. The molecule has 1 rings (SSSR count). The number of methoxy groups -OCH3 is 3. The van der Waals surface area contributed by atoms with Crippen molar-refractivity contribution < 1.29 is 19.0 Å². The van der Waals surface area contributed by atoms with Crippen molar-refractivity contribution in [2.75, 3.05) is 35.4 Å². The van der Waals surface area contributed by atoms with Crippen molar-refractivity contribution in [3.8, 4) is 17.2 Å². The Morgan fingerprint density at radius 3 is 1.95 bits per heavy atom. The normalized spacial score (nSPS) is 10.4. The minimum Gasteiger partial charge on any atom is -0.493 e. The zero-order chi connectivity index (χ0) is 14.4. The fourth-order valence-corrected chi connectivity index (χ4v) is 1.54. The molecule has 0 saturated carbocycles. The quantitative estimate of drug-likeness (QED) is 0.581. The lowest BCUT2D eigenvalue weighted by atomic mass is 10.1. The summed E-state index contributed by atoms with van der Waals surface area (Å²) in [6, 6.07) is 3.26. The molecule has 0 amide bonds. The van der Waals surface area contributed by atoms with Gasteiger partial charge in [0.2, 0.25) is 5.75 Å². The molecule has 0 aromatic heterocycles. The molecule has 5 heteroatoms. The van der Waals surface area contributed by atoms with Crippen LogP contribution in [0.4, 0.5) is 0 Å². The third-order valence-corrected chi connectivity index (χ3v) is 2.47. The van der Waals surface area contributed by atoms with Crippen molar-refractivity contribution in [2.45, 2.75) is 0 Å². The predicted molar refractivity (Wildman–Crippen MR) is 73.3 cm³/mol. The fraction of sp³-hybridized carbons (Fsp3) is 0.357. The van der Waals surface area contributed by atoms with Gasteiger partial charge in [-0.3, -0.25) is 4.79 Å². The summed E-state index contributed by atoms with van der Waals surface area (Å²) >= 11 is 0. The molecule has 0 N–H and O–H groups in total. The number of nitrogens with zero attached hydrogens (tertiary/aromatic N) is 1. The smallest absolute Gasteiger partial charge is 0.203 e. The van der Waals surface area contributed by atoms with Crippen molar-refractivity contribution >= 4 is 5.78 Å². The Hall–Kier alpha value is -2.17. The van der Waals surface area contributed by atoms with E-state index in [0.717, 1.165) is 0 Å². The maximum atomic E-state index is 12.0. The first-order valence-electron chi connectivity index (χ1n) is 5.72. The van der Waals surface area contributed by atoms with E-state index in [4.69, 9.17) is 14.2 Å². The van der Waals surface area contributed by atoms with Crippen molar-refractivity contribution in [3.05, 3.63) is 30.0 Å². The third-order valence-electron chi connectivity index (χ3n) is 2.47. The average molecular weight is 265 g/mol. The van der Waals surface area contributed by atoms with Gasteiger partial charge in [-0.25, -0.2) is 0 Å². The van der Waals surface area contributed by atoms with Crippen molar-refractivity contribution in [1.82, 2.24) is 4.90 Å². The lowest BCUT2D eigenvalue weighted by Gasteiger charge is -2.13. The topological polar surface area (TPSA) is 48.0 Å². The molecule has 0 atom stereocenters. The summed E-state index contributed by atoms with van der Waals surface area (Å²) in [4.78, 5) is 13.8. The molecule has 1 aromatic carbocycles. The molecule has 0 spiro atoms. The molecule has 19 heavy (non-hydrogen) atoms. The second kappa shape index (κ2) is 6.68. The minimum atomic E-state index is -0.132. The zero-order valence-electron chi connectivity index (χ0n) is 11.9. The SMILES string of the molecule is COc1cc(C(=O)C=CN(C)C)cc(OC)c1OC. The van der Waals surface area contributed by atoms with Gasteiger partial charge in [0.15, 0.2) is 17.3 Å². The van der Waals surface area contributed by atoms with E-state index in [2.05, 4.69) is 0 Å². The van der Waals surface area contributed by atoms with Crippen molar-refractivity contribution in [2.24, 2.45) is 0 Å². The number of hydrogen-bond donors (Lipinski definition) is 0. The molecule has 0 radical (unpaired) electrons. The van der Waals surface area contributed by atoms with Crippen molar-refractivity contribution in [3.63, 3.8) is 0 Å². The maximum Gasteiger partial charge on any atom is 0.203 e. The first kappa shape index (κ1) is 14.9. The van der Waals surface area contributed by atoms with Crippen LogP contribution in [0.3, 0.4) is 0 Å². The van der Waals surface area contributed by atoms with Crippen LogP contribution in [0.15, 0.2) is 24.4 Å². The Labute approximate surface area is 113 Å². The Bertz CT molecular complexity index is 455. The second-order valence-electron chi connectivity index (χ2n) is 4.06. The van der Waals surface area contributed by atoms with E-state index in [-0.39, 0.29) is 5.78 Å². The van der Waals surface area contributed by atoms with E-state index in [0.29, 0.717) is 22.8 Å². The van der Waals surface area contributed by atoms with Gasteiger partial charge in [0.1, 0.15) is 0 Å². The number of rotatable bonds is 6. The molecule has 104 valence electrons. The fourth-order valence-electron chi connectivity index (χ4n) is 1.54. The molecule has 0 aliphatic heterocycles. The highest BCUT2D eigenvalue weighted by Gasteiger charge is 2.15. The third kappa shape index (κ3) is 3.64. The summed E-state index contributed by atoms with van der Waals surface area (Å²) in [5.41, 5.74) is 0.479. The van der Waals surface area contributed by atoms with E-state index >= 15 is 0 Å². The molecule has 5 nitrogen and oxygen atoms in total. The first-order valence-corrected chi connectivity index (χ1v) is 5.72. The number of allylic oxidation sites excluding steroid dienone is 1. The summed E-state index contributed by atoms with van der Waals surface area (Å²) in [6.07, 6.45) is 3.17. The largest absolute Gasteiger partial charge is 0.493 e. The lowest BCUT2D eigenvalue weighted by Crippen LogP contribution is -2.04. The van der Waals surface area contributed by atoms with Gasteiger partial charge in [-0.05, 0) is 12.1 Å². The monoisotopic (exact) mass is 265 g/mol. The molecule has 0 bridgehead atoms. The van der Waals surface area contributed by atoms with Crippen LogP contribution in [-0.4, -0.2) is 46.1 Å². The number of hydrogen-bond acceptors (Lipinski definition) is 5. The van der Waals surface area contributed by atoms with Gasteiger partial charge in [0, 0.05) is 31.9 Å². The highest BCUT2D eigenvalue weighted by atomic mass is 16.5. The van der Waals surface area contributed by atoms with Crippen LogP contribution in [0.5, 0.6) is 17.2 Å². The van der Waals surface area contributed by atoms with Crippen LogP contribution in [0.1, 0.15) is 10.4 Å². The Morgan fingerprint density at radius 1 is 1.05 bits per heavy atom. The van der Waals surface area contributed by atoms with Gasteiger partial charge < -0.3 is 19.1 Å². The number of benzene rings is 1. The summed E-state index contributed by atoms with van der Waals surface area (Å²) < 4.78 is 15.6. The second-order valence-corrected chi connectivity index (χ2v) is 4.06. The molecule has 1 aromatic rings. The van der Waals surface area contributed by atoms with E-state index in [1.54, 1.807) is 23.2 Å². The van der Waals surface area contributed by atoms with Crippen LogP contribution in [0.25, 0.3) is 0 Å². The van der Waals surface area contributed by atoms with Gasteiger partial charge in [-0.1, -0.05) is 0 Å². The van der Waals surface area contributed by atoms with Crippen LogP contribution >= 0.6 is 0 Å². The van der Waals surface area contributed by atoms with Crippen LogP contribution in [0.2, 0.25) is 0 Å². The van der Waals surface area contributed by atoms with E-state index in [1.807, 2.05) is 14.1 Å². The molecular formula is C14H19NO4. The van der Waals surface area contributed by atoms with Gasteiger partial charge in [0.25, 0.3) is 0 Å². The van der Waals surface area contributed by atoms with E-state index in [9.17, 15) is 4.79 Å². The average Bonchev–Trinajstić information content (AvgIpc) is 2.42. The number of ketones is 1. The molecule has 0 heterocycles. The standard InChI is InChI=1S/C14H19NO4/c1-15(2)7-6-11(16)10-8-12(17-3)14(19-5)13(9-10)18-4/h6-9H,1-5H3. The van der Waals surface area contributed by atoms with Crippen LogP contribution < -0.4 is 14.2 Å². The number of carbonyl (C=O) groups excluding carboxylic acids is 1.